The van der Waals surface area contributed by atoms with Gasteiger partial charge >= 0.3 is 5.89 Å². The molecule has 1 aliphatic heterocycles. The Morgan fingerprint density at radius 3 is 2.68 bits per heavy atom. The van der Waals surface area contributed by atoms with Gasteiger partial charge in [-0.25, -0.2) is 9.97 Å². The summed E-state index contributed by atoms with van der Waals surface area (Å²) in [6, 6.07) is 18.3. The fourth-order valence-electron chi connectivity index (χ4n) is 3.75. The number of fused-ring (bicyclic) bond motifs is 7. The number of nitrogens with zero attached hydrogens (tertiary/aromatic N) is 4. The van der Waals surface area contributed by atoms with Crippen molar-refractivity contribution in [1.82, 2.24) is 14.5 Å². The Morgan fingerprint density at radius 1 is 0.920 bits per heavy atom. The van der Waals surface area contributed by atoms with Crippen LogP contribution in [0.15, 0.2) is 71.4 Å². The molecule has 0 saturated heterocycles. The van der Waals surface area contributed by atoms with E-state index in [9.17, 15) is 0 Å². The second-order valence-electron chi connectivity index (χ2n) is 6.20. The highest BCUT2D eigenvalue weighted by atomic mass is 16.4. The van der Waals surface area contributed by atoms with Crippen molar-refractivity contribution >= 4 is 22.3 Å². The molecule has 5 heterocycles. The summed E-state index contributed by atoms with van der Waals surface area (Å²) in [5.41, 5.74) is 6.98. The minimum absolute atomic E-state index is 0.760. The minimum atomic E-state index is 0.760. The number of benzene rings is 1. The van der Waals surface area contributed by atoms with Crippen molar-refractivity contribution in [3.63, 3.8) is 0 Å². The van der Waals surface area contributed by atoms with Gasteiger partial charge in [-0.1, -0.05) is 18.2 Å². The van der Waals surface area contributed by atoms with Crippen LogP contribution in [0.2, 0.25) is 0 Å². The number of oxazole rings is 1. The zero-order valence-corrected chi connectivity index (χ0v) is 13.3. The van der Waals surface area contributed by atoms with Gasteiger partial charge in [-0.05, 0) is 36.4 Å². The maximum Gasteiger partial charge on any atom is 0.402 e. The molecule has 0 radical (unpaired) electrons. The van der Waals surface area contributed by atoms with Crippen LogP contribution in [0.4, 0.5) is 0 Å². The summed E-state index contributed by atoms with van der Waals surface area (Å²) >= 11 is 0. The average molecular weight is 325 g/mol. The molecule has 0 unspecified atom stereocenters. The predicted octanol–water partition coefficient (Wildman–Crippen LogP) is 3.48. The van der Waals surface area contributed by atoms with E-state index in [0.717, 1.165) is 46.1 Å². The van der Waals surface area contributed by atoms with Crippen LogP contribution in [0.1, 0.15) is 5.56 Å². The third kappa shape index (κ3) is 1.59. The lowest BCUT2D eigenvalue weighted by Crippen LogP contribution is -2.30. The van der Waals surface area contributed by atoms with Crippen LogP contribution in [0.25, 0.3) is 39.5 Å². The number of hydrogen-bond donors (Lipinski definition) is 0. The van der Waals surface area contributed by atoms with E-state index >= 15 is 0 Å². The number of para-hydroxylation sites is 1. The van der Waals surface area contributed by atoms with Gasteiger partial charge in [0.1, 0.15) is 0 Å². The maximum atomic E-state index is 6.33. The van der Waals surface area contributed by atoms with Crippen LogP contribution < -0.4 is 4.57 Å². The van der Waals surface area contributed by atoms with E-state index in [1.165, 1.54) is 5.56 Å². The quantitative estimate of drug-likeness (QED) is 0.435. The fourth-order valence-corrected chi connectivity index (χ4v) is 3.75. The third-order valence-corrected chi connectivity index (χ3v) is 4.80. The van der Waals surface area contributed by atoms with E-state index in [1.54, 1.807) is 0 Å². The van der Waals surface area contributed by atoms with Gasteiger partial charge < -0.3 is 4.42 Å². The zero-order chi connectivity index (χ0) is 16.4. The van der Waals surface area contributed by atoms with E-state index in [-0.39, 0.29) is 0 Å². The summed E-state index contributed by atoms with van der Waals surface area (Å²) in [6.07, 6.45) is 3.64. The van der Waals surface area contributed by atoms with E-state index in [1.807, 2.05) is 42.7 Å². The van der Waals surface area contributed by atoms with E-state index in [0.29, 0.717) is 0 Å². The third-order valence-electron chi connectivity index (χ3n) is 4.80. The first-order chi connectivity index (χ1) is 12.4. The molecule has 0 atom stereocenters. The van der Waals surface area contributed by atoms with Gasteiger partial charge in [0.2, 0.25) is 0 Å². The van der Waals surface area contributed by atoms with E-state index < -0.39 is 0 Å². The molecule has 1 aliphatic rings. The first-order valence-corrected chi connectivity index (χ1v) is 8.23. The summed E-state index contributed by atoms with van der Waals surface area (Å²) < 4.78 is 10.6. The van der Waals surface area contributed by atoms with Crippen LogP contribution >= 0.6 is 0 Å². The maximum absolute atomic E-state index is 6.33. The zero-order valence-electron chi connectivity index (χ0n) is 13.3. The molecule has 4 aromatic heterocycles. The summed E-state index contributed by atoms with van der Waals surface area (Å²) in [5.74, 6) is 0.804. The Hall–Kier alpha value is -3.47. The Bertz CT molecular complexity index is 1270. The van der Waals surface area contributed by atoms with Crippen molar-refractivity contribution in [3.05, 3.63) is 72.6 Å². The van der Waals surface area contributed by atoms with Crippen molar-refractivity contribution < 1.29 is 8.98 Å². The van der Waals surface area contributed by atoms with Gasteiger partial charge in [0.05, 0.1) is 11.1 Å². The van der Waals surface area contributed by atoms with E-state index in [4.69, 9.17) is 4.42 Å². The molecule has 25 heavy (non-hydrogen) atoms. The molecule has 0 fully saturated rings. The van der Waals surface area contributed by atoms with E-state index in [2.05, 4.69) is 43.4 Å². The smallest absolute Gasteiger partial charge is 0.378 e. The number of rotatable bonds is 1. The molecule has 5 heteroatoms. The molecule has 0 N–H and O–H groups in total. The summed E-state index contributed by atoms with van der Waals surface area (Å²) in [7, 11) is 0. The van der Waals surface area contributed by atoms with Crippen LogP contribution in [0.3, 0.4) is 0 Å². The second-order valence-corrected chi connectivity index (χ2v) is 6.20. The first kappa shape index (κ1) is 12.9. The van der Waals surface area contributed by atoms with Crippen molar-refractivity contribution in [3.8, 4) is 17.3 Å². The summed E-state index contributed by atoms with van der Waals surface area (Å²) in [4.78, 5) is 9.16. The monoisotopic (exact) mass is 325 g/mol. The predicted molar refractivity (Wildman–Crippen MR) is 93.4 cm³/mol. The number of aromatic nitrogens is 4. The van der Waals surface area contributed by atoms with Crippen molar-refractivity contribution in [1.29, 1.82) is 0 Å². The highest BCUT2D eigenvalue weighted by molar-refractivity contribution is 6.01. The average Bonchev–Trinajstić information content (AvgIpc) is 3.29. The highest BCUT2D eigenvalue weighted by Crippen LogP contribution is 2.35. The Kier molecular flexibility index (Phi) is 2.34. The van der Waals surface area contributed by atoms with Crippen molar-refractivity contribution in [2.45, 2.75) is 6.54 Å². The molecule has 0 amide bonds. The molecular weight excluding hydrogens is 312 g/mol. The lowest BCUT2D eigenvalue weighted by Gasteiger charge is -2.03. The molecule has 118 valence electrons. The first-order valence-electron chi connectivity index (χ1n) is 8.23. The van der Waals surface area contributed by atoms with Crippen LogP contribution in [0.5, 0.6) is 0 Å². The molecular formula is C20H13N4O+. The standard InChI is InChI=1S/C20H13N4O/c1-2-7-14(8-3-1)24-15-9-5-11-22-17(15)18-20(24)25-19-16-13(12-23(18)19)6-4-10-21-16/h1-11H,12H2/q+1. The van der Waals surface area contributed by atoms with Gasteiger partial charge in [-0.3, -0.25) is 4.57 Å². The molecule has 5 aromatic rings. The SMILES string of the molecule is c1ccc(-n2c3cccnc3c3c2oc2[n+]3Cc3cccnc3-2)cc1. The lowest BCUT2D eigenvalue weighted by atomic mass is 10.2. The lowest BCUT2D eigenvalue weighted by molar-refractivity contribution is -0.648. The van der Waals surface area contributed by atoms with Crippen LogP contribution in [-0.2, 0) is 6.54 Å². The normalized spacial score (nSPS) is 12.6. The summed E-state index contributed by atoms with van der Waals surface area (Å²) in [5, 5.41) is 0. The van der Waals surface area contributed by atoms with Crippen molar-refractivity contribution in [2.75, 3.05) is 0 Å². The molecule has 0 saturated carbocycles. The highest BCUT2D eigenvalue weighted by Gasteiger charge is 2.38. The van der Waals surface area contributed by atoms with Gasteiger partial charge in [-0.2, -0.15) is 0 Å². The van der Waals surface area contributed by atoms with Gasteiger partial charge in [0.25, 0.3) is 11.2 Å². The molecule has 1 aromatic carbocycles. The second kappa shape index (κ2) is 4.54. The van der Waals surface area contributed by atoms with Crippen LogP contribution in [-0.4, -0.2) is 14.5 Å². The molecule has 0 spiro atoms. The topological polar surface area (TPSA) is 47.7 Å². The van der Waals surface area contributed by atoms with Crippen LogP contribution in [0, 0.1) is 0 Å². The minimum Gasteiger partial charge on any atom is -0.378 e. The largest absolute Gasteiger partial charge is 0.402 e. The Labute approximate surface area is 142 Å². The number of pyridine rings is 2. The van der Waals surface area contributed by atoms with Crippen molar-refractivity contribution in [2.24, 2.45) is 0 Å². The molecule has 0 bridgehead atoms. The fraction of sp³-hybridized carbons (Fsp3) is 0.0500. The molecule has 0 aliphatic carbocycles. The number of hydrogen-bond acceptors (Lipinski definition) is 3. The Morgan fingerprint density at radius 2 is 1.76 bits per heavy atom. The molecule has 5 nitrogen and oxygen atoms in total. The van der Waals surface area contributed by atoms with Gasteiger partial charge in [0.15, 0.2) is 17.8 Å². The molecule has 6 rings (SSSR count). The summed E-state index contributed by atoms with van der Waals surface area (Å²) in [6.45, 7) is 0.760. The van der Waals surface area contributed by atoms with Gasteiger partial charge in [-0.15, -0.1) is 4.57 Å². The van der Waals surface area contributed by atoms with Gasteiger partial charge in [0, 0.05) is 18.1 Å². The Balaban J connectivity index is 1.78.